The fourth-order valence-electron chi connectivity index (χ4n) is 0.892. The summed E-state index contributed by atoms with van der Waals surface area (Å²) < 4.78 is 0. The standard InChI is InChI=1S/C9H12ClN/c1-6-3-4-8(7(2)11)5-9(6)10/h3-5,7H,11H2,1-2H3. The van der Waals surface area contributed by atoms with Gasteiger partial charge in [0.2, 0.25) is 0 Å². The molecule has 1 unspecified atom stereocenters. The smallest absolute Gasteiger partial charge is 0.0438 e. The molecule has 2 N–H and O–H groups in total. The Morgan fingerprint density at radius 1 is 1.45 bits per heavy atom. The molecular formula is C9H12ClN. The van der Waals surface area contributed by atoms with Gasteiger partial charge in [-0.05, 0) is 31.0 Å². The lowest BCUT2D eigenvalue weighted by atomic mass is 10.1. The molecule has 1 atom stereocenters. The van der Waals surface area contributed by atoms with E-state index in [9.17, 15) is 0 Å². The van der Waals surface area contributed by atoms with Crippen molar-refractivity contribution in [2.75, 3.05) is 0 Å². The Hall–Kier alpha value is -0.530. The Morgan fingerprint density at radius 2 is 2.09 bits per heavy atom. The molecule has 0 radical (unpaired) electrons. The Morgan fingerprint density at radius 3 is 2.55 bits per heavy atom. The second kappa shape index (κ2) is 3.24. The summed E-state index contributed by atoms with van der Waals surface area (Å²) in [5.74, 6) is 0. The lowest BCUT2D eigenvalue weighted by Crippen LogP contribution is -2.04. The minimum absolute atomic E-state index is 0.0631. The average Bonchev–Trinajstić information content (AvgIpc) is 1.94. The molecule has 0 aliphatic carbocycles. The van der Waals surface area contributed by atoms with E-state index in [2.05, 4.69) is 0 Å². The monoisotopic (exact) mass is 169 g/mol. The van der Waals surface area contributed by atoms with Gasteiger partial charge < -0.3 is 5.73 Å². The van der Waals surface area contributed by atoms with E-state index >= 15 is 0 Å². The summed E-state index contributed by atoms with van der Waals surface area (Å²) in [6.07, 6.45) is 0. The molecule has 0 heterocycles. The lowest BCUT2D eigenvalue weighted by Gasteiger charge is -2.06. The second-order valence-corrected chi connectivity index (χ2v) is 3.20. The highest BCUT2D eigenvalue weighted by Crippen LogP contribution is 2.19. The van der Waals surface area contributed by atoms with E-state index in [4.69, 9.17) is 17.3 Å². The van der Waals surface area contributed by atoms with Crippen molar-refractivity contribution in [3.05, 3.63) is 34.3 Å². The van der Waals surface area contributed by atoms with E-state index in [0.717, 1.165) is 16.1 Å². The van der Waals surface area contributed by atoms with Crippen molar-refractivity contribution in [1.29, 1.82) is 0 Å². The first-order valence-corrected chi connectivity index (χ1v) is 4.00. The van der Waals surface area contributed by atoms with E-state index < -0.39 is 0 Å². The van der Waals surface area contributed by atoms with Gasteiger partial charge in [0.15, 0.2) is 0 Å². The largest absolute Gasteiger partial charge is 0.324 e. The zero-order valence-corrected chi connectivity index (χ0v) is 7.52. The molecule has 0 spiro atoms. The molecular weight excluding hydrogens is 158 g/mol. The SMILES string of the molecule is Cc1ccc(C(C)N)cc1Cl. The summed E-state index contributed by atoms with van der Waals surface area (Å²) in [6, 6.07) is 5.97. The van der Waals surface area contributed by atoms with Crippen LogP contribution in [0, 0.1) is 6.92 Å². The first-order chi connectivity index (χ1) is 5.11. The average molecular weight is 170 g/mol. The zero-order chi connectivity index (χ0) is 8.43. The van der Waals surface area contributed by atoms with E-state index in [1.165, 1.54) is 0 Å². The van der Waals surface area contributed by atoms with Gasteiger partial charge in [-0.2, -0.15) is 0 Å². The van der Waals surface area contributed by atoms with Crippen LogP contribution in [-0.4, -0.2) is 0 Å². The quantitative estimate of drug-likeness (QED) is 0.688. The number of rotatable bonds is 1. The molecule has 0 saturated heterocycles. The third kappa shape index (κ3) is 1.95. The molecule has 1 nitrogen and oxygen atoms in total. The minimum Gasteiger partial charge on any atom is -0.324 e. The second-order valence-electron chi connectivity index (χ2n) is 2.80. The van der Waals surface area contributed by atoms with Gasteiger partial charge in [-0.1, -0.05) is 23.7 Å². The Kier molecular flexibility index (Phi) is 2.53. The molecule has 0 fully saturated rings. The van der Waals surface area contributed by atoms with Crippen molar-refractivity contribution in [2.24, 2.45) is 5.73 Å². The van der Waals surface area contributed by atoms with E-state index in [1.807, 2.05) is 32.0 Å². The minimum atomic E-state index is 0.0631. The maximum atomic E-state index is 5.90. The highest BCUT2D eigenvalue weighted by atomic mass is 35.5. The van der Waals surface area contributed by atoms with Gasteiger partial charge in [-0.15, -0.1) is 0 Å². The normalized spacial score (nSPS) is 13.1. The molecule has 0 bridgehead atoms. The predicted molar refractivity (Wildman–Crippen MR) is 48.8 cm³/mol. The van der Waals surface area contributed by atoms with Gasteiger partial charge in [0.05, 0.1) is 0 Å². The molecule has 0 amide bonds. The number of aryl methyl sites for hydroxylation is 1. The first kappa shape index (κ1) is 8.57. The molecule has 0 aliphatic rings. The molecule has 1 rings (SSSR count). The third-order valence-electron chi connectivity index (χ3n) is 1.72. The summed E-state index contributed by atoms with van der Waals surface area (Å²) in [7, 11) is 0. The number of hydrogen-bond acceptors (Lipinski definition) is 1. The van der Waals surface area contributed by atoms with Crippen LogP contribution in [0.3, 0.4) is 0 Å². The van der Waals surface area contributed by atoms with Crippen molar-refractivity contribution in [3.8, 4) is 0 Å². The Labute approximate surface area is 72.2 Å². The molecule has 0 saturated carbocycles. The third-order valence-corrected chi connectivity index (χ3v) is 2.13. The summed E-state index contributed by atoms with van der Waals surface area (Å²) in [4.78, 5) is 0. The highest BCUT2D eigenvalue weighted by Gasteiger charge is 2.00. The lowest BCUT2D eigenvalue weighted by molar-refractivity contribution is 0.818. The Balaban J connectivity index is 3.05. The molecule has 60 valence electrons. The fourth-order valence-corrected chi connectivity index (χ4v) is 1.08. The summed E-state index contributed by atoms with van der Waals surface area (Å²) >= 11 is 5.90. The van der Waals surface area contributed by atoms with Crippen LogP contribution in [0.25, 0.3) is 0 Å². The molecule has 0 aromatic heterocycles. The summed E-state index contributed by atoms with van der Waals surface area (Å²) in [5.41, 5.74) is 7.85. The van der Waals surface area contributed by atoms with Crippen molar-refractivity contribution in [2.45, 2.75) is 19.9 Å². The van der Waals surface area contributed by atoms with Gasteiger partial charge in [0.25, 0.3) is 0 Å². The highest BCUT2D eigenvalue weighted by molar-refractivity contribution is 6.31. The van der Waals surface area contributed by atoms with Crippen LogP contribution >= 0.6 is 11.6 Å². The maximum absolute atomic E-state index is 5.90. The molecule has 2 heteroatoms. The molecule has 11 heavy (non-hydrogen) atoms. The van der Waals surface area contributed by atoms with Crippen LogP contribution in [0.2, 0.25) is 5.02 Å². The van der Waals surface area contributed by atoms with Crippen molar-refractivity contribution in [1.82, 2.24) is 0 Å². The van der Waals surface area contributed by atoms with Crippen LogP contribution < -0.4 is 5.73 Å². The topological polar surface area (TPSA) is 26.0 Å². The van der Waals surface area contributed by atoms with Gasteiger partial charge >= 0.3 is 0 Å². The number of benzene rings is 1. The first-order valence-electron chi connectivity index (χ1n) is 3.63. The number of halogens is 1. The number of hydrogen-bond donors (Lipinski definition) is 1. The van der Waals surface area contributed by atoms with Crippen molar-refractivity contribution in [3.63, 3.8) is 0 Å². The van der Waals surface area contributed by atoms with Crippen LogP contribution in [0.15, 0.2) is 18.2 Å². The van der Waals surface area contributed by atoms with Crippen molar-refractivity contribution < 1.29 is 0 Å². The van der Waals surface area contributed by atoms with Crippen LogP contribution in [-0.2, 0) is 0 Å². The van der Waals surface area contributed by atoms with E-state index in [1.54, 1.807) is 0 Å². The Bertz CT molecular complexity index is 256. The van der Waals surface area contributed by atoms with Gasteiger partial charge in [0.1, 0.15) is 0 Å². The van der Waals surface area contributed by atoms with E-state index in [-0.39, 0.29) is 6.04 Å². The van der Waals surface area contributed by atoms with Gasteiger partial charge in [-0.25, -0.2) is 0 Å². The van der Waals surface area contributed by atoms with Crippen LogP contribution in [0.4, 0.5) is 0 Å². The molecule has 1 aromatic rings. The summed E-state index contributed by atoms with van der Waals surface area (Å²) in [5, 5.41) is 0.791. The maximum Gasteiger partial charge on any atom is 0.0438 e. The van der Waals surface area contributed by atoms with Gasteiger partial charge in [0, 0.05) is 11.1 Å². The fraction of sp³-hybridized carbons (Fsp3) is 0.333. The van der Waals surface area contributed by atoms with Crippen molar-refractivity contribution >= 4 is 11.6 Å². The van der Waals surface area contributed by atoms with Gasteiger partial charge in [-0.3, -0.25) is 0 Å². The zero-order valence-electron chi connectivity index (χ0n) is 6.76. The predicted octanol–water partition coefficient (Wildman–Crippen LogP) is 2.67. The van der Waals surface area contributed by atoms with E-state index in [0.29, 0.717) is 0 Å². The van der Waals surface area contributed by atoms with Crippen LogP contribution in [0.1, 0.15) is 24.1 Å². The molecule has 1 aromatic carbocycles. The molecule has 0 aliphatic heterocycles. The summed E-state index contributed by atoms with van der Waals surface area (Å²) in [6.45, 7) is 3.92. The van der Waals surface area contributed by atoms with Crippen LogP contribution in [0.5, 0.6) is 0 Å². The number of nitrogens with two attached hydrogens (primary N) is 1.